The number of benzene rings is 1. The number of nitrogens with zero attached hydrogens (tertiary/aromatic N) is 4. The Morgan fingerprint density at radius 3 is 2.81 bits per heavy atom. The first kappa shape index (κ1) is 16.6. The summed E-state index contributed by atoms with van der Waals surface area (Å²) < 4.78 is 3.79. The Bertz CT molecular complexity index is 896. The van der Waals surface area contributed by atoms with Gasteiger partial charge in [0.15, 0.2) is 0 Å². The van der Waals surface area contributed by atoms with Crippen LogP contribution in [0.3, 0.4) is 0 Å². The van der Waals surface area contributed by atoms with Crippen LogP contribution in [0, 0.1) is 6.92 Å². The summed E-state index contributed by atoms with van der Waals surface area (Å²) in [5.74, 6) is -0.00883. The number of carbonyl (C=O) groups excluding carboxylic acids is 1. The minimum Gasteiger partial charge on any atom is -0.348 e. The summed E-state index contributed by atoms with van der Waals surface area (Å²) in [7, 11) is 0. The molecule has 0 aliphatic heterocycles. The highest BCUT2D eigenvalue weighted by Gasteiger charge is 2.25. The summed E-state index contributed by atoms with van der Waals surface area (Å²) in [6.07, 6.45) is 6.65. The van der Waals surface area contributed by atoms with Crippen LogP contribution in [-0.4, -0.2) is 25.5 Å². The van der Waals surface area contributed by atoms with Crippen molar-refractivity contribution in [1.29, 1.82) is 0 Å². The van der Waals surface area contributed by atoms with Crippen LogP contribution in [0.1, 0.15) is 41.4 Å². The van der Waals surface area contributed by atoms with Gasteiger partial charge >= 0.3 is 0 Å². The normalized spacial score (nSPS) is 16.3. The average molecular weight is 349 g/mol. The topological polar surface area (TPSA) is 64.7 Å². The lowest BCUT2D eigenvalue weighted by atomic mass is 9.93. The Morgan fingerprint density at radius 1 is 1.19 bits per heavy atom. The molecule has 2 aromatic heterocycles. The standard InChI is InChI=1S/C20H23N5O/c1-15-10-11-21-24(15)14-20(26)23-18-8-5-9-19-17(18)12-22-25(19)13-16-6-3-2-4-7-16/h2-4,6-7,10-12,18H,5,8-9,13-14H2,1H3,(H,23,26). The van der Waals surface area contributed by atoms with Crippen molar-refractivity contribution in [3.63, 3.8) is 0 Å². The lowest BCUT2D eigenvalue weighted by Crippen LogP contribution is -2.34. The molecule has 1 atom stereocenters. The Balaban J connectivity index is 1.47. The third kappa shape index (κ3) is 3.40. The van der Waals surface area contributed by atoms with Gasteiger partial charge in [0, 0.05) is 23.1 Å². The molecule has 1 aliphatic carbocycles. The Labute approximate surface area is 152 Å². The number of hydrogen-bond acceptors (Lipinski definition) is 3. The van der Waals surface area contributed by atoms with E-state index in [2.05, 4.69) is 32.3 Å². The minimum atomic E-state index is -0.00883. The van der Waals surface area contributed by atoms with Gasteiger partial charge in [-0.25, -0.2) is 0 Å². The number of hydrogen-bond donors (Lipinski definition) is 1. The zero-order valence-corrected chi connectivity index (χ0v) is 14.9. The molecule has 6 heteroatoms. The number of carbonyl (C=O) groups is 1. The molecule has 134 valence electrons. The average Bonchev–Trinajstić information content (AvgIpc) is 3.23. The monoisotopic (exact) mass is 349 g/mol. The van der Waals surface area contributed by atoms with Gasteiger partial charge in [0.05, 0.1) is 18.8 Å². The molecule has 0 spiro atoms. The van der Waals surface area contributed by atoms with E-state index in [0.717, 1.165) is 37.1 Å². The lowest BCUT2D eigenvalue weighted by molar-refractivity contribution is -0.122. The number of amides is 1. The van der Waals surface area contributed by atoms with Crippen molar-refractivity contribution in [2.45, 2.75) is 45.3 Å². The van der Waals surface area contributed by atoms with Crippen LogP contribution >= 0.6 is 0 Å². The minimum absolute atomic E-state index is 0.00883. The SMILES string of the molecule is Cc1ccnn1CC(=O)NC1CCCc2c1cnn2Cc1ccccc1. The van der Waals surface area contributed by atoms with Gasteiger partial charge in [0.2, 0.25) is 5.91 Å². The van der Waals surface area contributed by atoms with E-state index in [1.54, 1.807) is 10.9 Å². The van der Waals surface area contributed by atoms with Gasteiger partial charge < -0.3 is 5.32 Å². The van der Waals surface area contributed by atoms with E-state index in [0.29, 0.717) is 0 Å². The van der Waals surface area contributed by atoms with Crippen molar-refractivity contribution >= 4 is 5.91 Å². The number of aromatic nitrogens is 4. The van der Waals surface area contributed by atoms with E-state index in [1.807, 2.05) is 37.4 Å². The molecule has 1 aromatic carbocycles. The predicted molar refractivity (Wildman–Crippen MR) is 98.6 cm³/mol. The molecule has 0 radical (unpaired) electrons. The van der Waals surface area contributed by atoms with Gasteiger partial charge in [-0.2, -0.15) is 10.2 Å². The zero-order chi connectivity index (χ0) is 17.9. The fraction of sp³-hybridized carbons (Fsp3) is 0.350. The molecule has 0 saturated heterocycles. The molecule has 0 saturated carbocycles. The molecule has 3 aromatic rings. The van der Waals surface area contributed by atoms with Crippen LogP contribution in [-0.2, 0) is 24.3 Å². The van der Waals surface area contributed by atoms with Crippen LogP contribution in [0.25, 0.3) is 0 Å². The van der Waals surface area contributed by atoms with Gasteiger partial charge in [-0.05, 0) is 37.8 Å². The molecule has 6 nitrogen and oxygen atoms in total. The van der Waals surface area contributed by atoms with E-state index < -0.39 is 0 Å². The van der Waals surface area contributed by atoms with Crippen molar-refractivity contribution < 1.29 is 4.79 Å². The highest BCUT2D eigenvalue weighted by atomic mass is 16.2. The summed E-state index contributed by atoms with van der Waals surface area (Å²) >= 11 is 0. The van der Waals surface area contributed by atoms with Gasteiger partial charge in [0.25, 0.3) is 0 Å². The third-order valence-electron chi connectivity index (χ3n) is 5.00. The number of nitrogens with one attached hydrogen (secondary N) is 1. The van der Waals surface area contributed by atoms with Crippen molar-refractivity contribution in [3.05, 3.63) is 71.3 Å². The summed E-state index contributed by atoms with van der Waals surface area (Å²) in [5, 5.41) is 11.9. The van der Waals surface area contributed by atoms with Crippen molar-refractivity contribution in [3.8, 4) is 0 Å². The molecule has 1 amide bonds. The number of fused-ring (bicyclic) bond motifs is 1. The molecule has 1 aliphatic rings. The van der Waals surface area contributed by atoms with E-state index in [-0.39, 0.29) is 18.5 Å². The highest BCUT2D eigenvalue weighted by Crippen LogP contribution is 2.30. The van der Waals surface area contributed by atoms with Gasteiger partial charge in [-0.1, -0.05) is 30.3 Å². The van der Waals surface area contributed by atoms with Crippen molar-refractivity contribution in [2.24, 2.45) is 0 Å². The molecular formula is C20H23N5O. The molecular weight excluding hydrogens is 326 g/mol. The van der Waals surface area contributed by atoms with Gasteiger partial charge in [0.1, 0.15) is 6.54 Å². The molecule has 1 N–H and O–H groups in total. The largest absolute Gasteiger partial charge is 0.348 e. The zero-order valence-electron chi connectivity index (χ0n) is 14.9. The predicted octanol–water partition coefficient (Wildman–Crippen LogP) is 2.63. The van der Waals surface area contributed by atoms with E-state index in [9.17, 15) is 4.79 Å². The van der Waals surface area contributed by atoms with Crippen molar-refractivity contribution in [2.75, 3.05) is 0 Å². The highest BCUT2D eigenvalue weighted by molar-refractivity contribution is 5.76. The second-order valence-electron chi connectivity index (χ2n) is 6.83. The van der Waals surface area contributed by atoms with Gasteiger partial charge in [-0.15, -0.1) is 0 Å². The van der Waals surface area contributed by atoms with Crippen LogP contribution in [0.2, 0.25) is 0 Å². The van der Waals surface area contributed by atoms with Crippen LogP contribution in [0.15, 0.2) is 48.8 Å². The third-order valence-corrected chi connectivity index (χ3v) is 5.00. The van der Waals surface area contributed by atoms with Crippen molar-refractivity contribution in [1.82, 2.24) is 24.9 Å². The van der Waals surface area contributed by atoms with Crippen LogP contribution in [0.4, 0.5) is 0 Å². The summed E-state index contributed by atoms with van der Waals surface area (Å²) in [4.78, 5) is 12.4. The summed E-state index contributed by atoms with van der Waals surface area (Å²) in [5.41, 5.74) is 4.61. The fourth-order valence-electron chi connectivity index (χ4n) is 3.60. The number of rotatable bonds is 5. The fourth-order valence-corrected chi connectivity index (χ4v) is 3.60. The first-order chi connectivity index (χ1) is 12.7. The maximum atomic E-state index is 12.4. The second kappa shape index (κ2) is 7.15. The first-order valence-corrected chi connectivity index (χ1v) is 9.07. The quantitative estimate of drug-likeness (QED) is 0.770. The Kier molecular flexibility index (Phi) is 4.56. The molecule has 1 unspecified atom stereocenters. The van der Waals surface area contributed by atoms with Crippen LogP contribution < -0.4 is 5.32 Å². The van der Waals surface area contributed by atoms with E-state index in [4.69, 9.17) is 0 Å². The second-order valence-corrected chi connectivity index (χ2v) is 6.83. The first-order valence-electron chi connectivity index (χ1n) is 9.07. The lowest BCUT2D eigenvalue weighted by Gasteiger charge is -2.24. The van der Waals surface area contributed by atoms with E-state index >= 15 is 0 Å². The molecule has 0 fully saturated rings. The molecule has 2 heterocycles. The van der Waals surface area contributed by atoms with E-state index in [1.165, 1.54) is 11.3 Å². The maximum absolute atomic E-state index is 12.4. The number of aryl methyl sites for hydroxylation is 1. The Morgan fingerprint density at radius 2 is 2.04 bits per heavy atom. The Hall–Kier alpha value is -2.89. The summed E-state index contributed by atoms with van der Waals surface area (Å²) in [6, 6.07) is 12.3. The summed E-state index contributed by atoms with van der Waals surface area (Å²) in [6.45, 7) is 2.97. The van der Waals surface area contributed by atoms with Gasteiger partial charge in [-0.3, -0.25) is 14.2 Å². The smallest absolute Gasteiger partial charge is 0.242 e. The molecule has 26 heavy (non-hydrogen) atoms. The molecule has 0 bridgehead atoms. The van der Waals surface area contributed by atoms with Crippen LogP contribution in [0.5, 0.6) is 0 Å². The maximum Gasteiger partial charge on any atom is 0.242 e. The molecule has 4 rings (SSSR count).